The van der Waals surface area contributed by atoms with Crippen molar-refractivity contribution in [2.24, 2.45) is 50.2 Å². The molecular weight excluding hydrogens is 977 g/mol. The van der Waals surface area contributed by atoms with Gasteiger partial charge in [0, 0.05) is 0 Å². The van der Waals surface area contributed by atoms with Gasteiger partial charge < -0.3 is 99.2 Å². The van der Waals surface area contributed by atoms with Crippen LogP contribution >= 0.6 is 0 Å². The Kier molecular flexibility index (Phi) is 15.3. The van der Waals surface area contributed by atoms with Gasteiger partial charge in [0.25, 0.3) is 0 Å². The SMILES string of the molecule is C[C@@H]1O[C@@H](O[C@H]2[C@H](OC(=O)[C@]34CCC(C)(C)C[C@H]3C3=CC[C@H]5[C@@]6(C)CC[C@H](O[C@@H]7O[C@H](C(=O)O)[C@@H](O)[C@H](O)[C@H]7O)C(C)(C)[C@H]6CC[C@@]5(C)[C@]3(C)C[C@H]4O)OC[C@@H](O)[C@@H]2O)[C@H](O)[C@H](O)[C@H]1O[C@@H]1OC[C@@H](O)[C@H](O)[C@H]1O. The Bertz CT molecular complexity index is 2110. The number of aliphatic carboxylic acids is 1. The Labute approximate surface area is 430 Å². The predicted octanol–water partition coefficient (Wildman–Crippen LogP) is -0.666. The molecule has 4 heterocycles. The number of carboxylic acid groups (broad SMARTS) is 1. The Balaban J connectivity index is 0.944. The molecule has 27 atom stereocenters. The molecule has 4 saturated heterocycles. The number of carbonyl (C=O) groups excluding carboxylic acids is 1. The van der Waals surface area contributed by atoms with Crippen molar-refractivity contribution < 1.29 is 109 Å². The quantitative estimate of drug-likeness (QED) is 0.0774. The standard InChI is InChI=1S/C52H82O22/c1-21-38(71-42-35(61)30(56)24(53)19-67-42)34(60)37(63)43(69-21)73-40-31(57)25(54)20-68-45(40)74-46(66)52-16-15-47(2,3)17-23(52)22-9-10-27-49(6)13-12-29(70-44-36(62)32(58)33(59)39(72-44)41(64)65)48(4,5)26(49)11-14-50(27,7)51(22,8)18-28(52)55/h9,21,23-40,42-45,53-63H,10-20H2,1-8H3,(H,64,65)/t21-,23-,24+,25+,26+,27-,28+,29-,30-,31-,32-,33-,34-,35+,36+,37+,38-,39-,40+,42-,43-,44+,45-,49-,50+,51+,52+/m0/s1. The summed E-state index contributed by atoms with van der Waals surface area (Å²) in [4.78, 5) is 27.2. The van der Waals surface area contributed by atoms with E-state index in [9.17, 15) is 66.1 Å². The van der Waals surface area contributed by atoms with E-state index in [0.717, 1.165) is 18.4 Å². The number of aliphatic hydroxyl groups is 11. The first-order chi connectivity index (χ1) is 34.4. The van der Waals surface area contributed by atoms with E-state index in [4.69, 9.17) is 37.9 Å². The highest BCUT2D eigenvalue weighted by atomic mass is 16.8. The van der Waals surface area contributed by atoms with E-state index >= 15 is 4.79 Å². The van der Waals surface area contributed by atoms with Gasteiger partial charge in [-0.2, -0.15) is 0 Å². The van der Waals surface area contributed by atoms with Gasteiger partial charge in [-0.05, 0) is 110 Å². The van der Waals surface area contributed by atoms with E-state index in [0.29, 0.717) is 32.1 Å². The van der Waals surface area contributed by atoms with E-state index in [-0.39, 0.29) is 47.5 Å². The van der Waals surface area contributed by atoms with Gasteiger partial charge in [0.05, 0.1) is 31.5 Å². The lowest BCUT2D eigenvalue weighted by molar-refractivity contribution is -0.369. The number of aliphatic hydroxyl groups excluding tert-OH is 11. The zero-order chi connectivity index (χ0) is 54.2. The van der Waals surface area contributed by atoms with Gasteiger partial charge in [0.2, 0.25) is 6.29 Å². The molecule has 4 saturated carbocycles. The number of rotatable bonds is 9. The normalized spacial score (nSPS) is 54.0. The van der Waals surface area contributed by atoms with Crippen molar-refractivity contribution in [1.82, 2.24) is 0 Å². The number of hydrogen-bond acceptors (Lipinski definition) is 21. The Hall–Kier alpha value is -2.04. The van der Waals surface area contributed by atoms with E-state index in [1.54, 1.807) is 0 Å². The molecule has 8 fully saturated rings. The van der Waals surface area contributed by atoms with Crippen molar-refractivity contribution in [3.63, 3.8) is 0 Å². The number of allylic oxidation sites excluding steroid dienone is 2. The van der Waals surface area contributed by atoms with Crippen LogP contribution in [0.4, 0.5) is 0 Å². The maximum absolute atomic E-state index is 15.3. The lowest BCUT2D eigenvalue weighted by Crippen LogP contribution is -2.68. The summed E-state index contributed by atoms with van der Waals surface area (Å²) >= 11 is 0. The highest BCUT2D eigenvalue weighted by Gasteiger charge is 2.72. The molecule has 4 aliphatic heterocycles. The zero-order valence-electron chi connectivity index (χ0n) is 43.6. The van der Waals surface area contributed by atoms with Crippen LogP contribution in [0.5, 0.6) is 0 Å². The first-order valence-corrected chi connectivity index (χ1v) is 26.6. The van der Waals surface area contributed by atoms with E-state index in [2.05, 4.69) is 54.5 Å². The summed E-state index contributed by atoms with van der Waals surface area (Å²) in [5.74, 6) is -2.53. The van der Waals surface area contributed by atoms with Crippen LogP contribution in [-0.4, -0.2) is 209 Å². The molecule has 12 N–H and O–H groups in total. The lowest BCUT2D eigenvalue weighted by atomic mass is 9.33. The highest BCUT2D eigenvalue weighted by Crippen LogP contribution is 2.76. The molecule has 9 rings (SSSR count). The van der Waals surface area contributed by atoms with Crippen LogP contribution in [0.25, 0.3) is 0 Å². The van der Waals surface area contributed by atoms with Crippen LogP contribution in [0, 0.1) is 50.2 Å². The van der Waals surface area contributed by atoms with Crippen LogP contribution in [0.2, 0.25) is 0 Å². The summed E-state index contributed by atoms with van der Waals surface area (Å²) in [6.45, 7) is 16.0. The molecule has 0 radical (unpaired) electrons. The van der Waals surface area contributed by atoms with Crippen molar-refractivity contribution in [3.8, 4) is 0 Å². The van der Waals surface area contributed by atoms with Crippen LogP contribution in [0.1, 0.15) is 113 Å². The van der Waals surface area contributed by atoms with E-state index < -0.39 is 164 Å². The molecule has 74 heavy (non-hydrogen) atoms. The van der Waals surface area contributed by atoms with Crippen LogP contribution in [-0.2, 0) is 47.5 Å². The number of hydrogen-bond donors (Lipinski definition) is 12. The molecule has 422 valence electrons. The summed E-state index contributed by atoms with van der Waals surface area (Å²) in [6.07, 6.45) is -23.4. The highest BCUT2D eigenvalue weighted by molar-refractivity contribution is 5.80. The molecule has 22 heteroatoms. The molecule has 22 nitrogen and oxygen atoms in total. The van der Waals surface area contributed by atoms with E-state index in [1.807, 2.05) is 0 Å². The van der Waals surface area contributed by atoms with Gasteiger partial charge in [0.1, 0.15) is 72.6 Å². The average Bonchev–Trinajstić information content (AvgIpc) is 3.32. The van der Waals surface area contributed by atoms with Crippen molar-refractivity contribution in [1.29, 1.82) is 0 Å². The molecule has 0 aromatic carbocycles. The first-order valence-electron chi connectivity index (χ1n) is 26.6. The van der Waals surface area contributed by atoms with Gasteiger partial charge in [-0.1, -0.05) is 60.1 Å². The Morgan fingerprint density at radius 1 is 0.608 bits per heavy atom. The molecule has 0 spiro atoms. The number of fused-ring (bicyclic) bond motifs is 7. The van der Waals surface area contributed by atoms with Gasteiger partial charge >= 0.3 is 11.9 Å². The fourth-order valence-corrected chi connectivity index (χ4v) is 16.0. The summed E-state index contributed by atoms with van der Waals surface area (Å²) in [7, 11) is 0. The van der Waals surface area contributed by atoms with Crippen LogP contribution in [0.3, 0.4) is 0 Å². The summed E-state index contributed by atoms with van der Waals surface area (Å²) < 4.78 is 47.1. The van der Waals surface area contributed by atoms with Crippen molar-refractivity contribution in [3.05, 3.63) is 11.6 Å². The van der Waals surface area contributed by atoms with Gasteiger partial charge in [-0.15, -0.1) is 0 Å². The van der Waals surface area contributed by atoms with Crippen LogP contribution < -0.4 is 0 Å². The third-order valence-electron chi connectivity index (χ3n) is 20.6. The molecule has 5 aliphatic carbocycles. The number of carbonyl (C=O) groups is 2. The third-order valence-corrected chi connectivity index (χ3v) is 20.6. The Morgan fingerprint density at radius 3 is 1.89 bits per heavy atom. The molecule has 0 aromatic heterocycles. The van der Waals surface area contributed by atoms with Crippen LogP contribution in [0.15, 0.2) is 11.6 Å². The van der Waals surface area contributed by atoms with Crippen molar-refractivity contribution in [2.75, 3.05) is 13.2 Å². The average molecular weight is 1060 g/mol. The molecule has 0 bridgehead atoms. The van der Waals surface area contributed by atoms with Gasteiger partial charge in [-0.25, -0.2) is 4.79 Å². The molecule has 0 unspecified atom stereocenters. The Morgan fingerprint density at radius 2 is 1.22 bits per heavy atom. The number of ether oxygens (including phenoxy) is 8. The predicted molar refractivity (Wildman–Crippen MR) is 251 cm³/mol. The first kappa shape index (κ1) is 56.7. The number of carboxylic acids is 1. The maximum Gasteiger partial charge on any atom is 0.335 e. The van der Waals surface area contributed by atoms with E-state index in [1.165, 1.54) is 6.92 Å². The third kappa shape index (κ3) is 8.94. The maximum atomic E-state index is 15.3. The fourth-order valence-electron chi connectivity index (χ4n) is 16.0. The summed E-state index contributed by atoms with van der Waals surface area (Å²) in [5, 5.41) is 130. The minimum Gasteiger partial charge on any atom is -0.479 e. The molecule has 0 aromatic rings. The minimum atomic E-state index is -1.88. The monoisotopic (exact) mass is 1060 g/mol. The fraction of sp³-hybridized carbons (Fsp3) is 0.923. The largest absolute Gasteiger partial charge is 0.479 e. The zero-order valence-corrected chi connectivity index (χ0v) is 43.6. The smallest absolute Gasteiger partial charge is 0.335 e. The molecule has 0 amide bonds. The van der Waals surface area contributed by atoms with Gasteiger partial charge in [0.15, 0.2) is 31.1 Å². The second-order valence-corrected chi connectivity index (χ2v) is 25.5. The van der Waals surface area contributed by atoms with Crippen molar-refractivity contribution >= 4 is 11.9 Å². The van der Waals surface area contributed by atoms with Crippen molar-refractivity contribution in [2.45, 2.75) is 236 Å². The summed E-state index contributed by atoms with van der Waals surface area (Å²) in [5.41, 5.74) is -2.35. The minimum absolute atomic E-state index is 0.0880. The number of esters is 1. The molecular formula is C52H82O22. The lowest BCUT2D eigenvalue weighted by Gasteiger charge is -2.71. The second-order valence-electron chi connectivity index (χ2n) is 25.5. The topological polar surface area (TPSA) is 351 Å². The second kappa shape index (κ2) is 19.9. The summed E-state index contributed by atoms with van der Waals surface area (Å²) in [6, 6.07) is 0. The molecule has 9 aliphatic rings. The van der Waals surface area contributed by atoms with Gasteiger partial charge in [-0.3, -0.25) is 4.79 Å².